The Morgan fingerprint density at radius 3 is 2.52 bits per heavy atom. The molecular weight excluding hydrogens is 386 g/mol. The molecule has 1 N–H and O–H groups in total. The van der Waals surface area contributed by atoms with Gasteiger partial charge in [0.15, 0.2) is 0 Å². The number of piperidine rings is 1. The summed E-state index contributed by atoms with van der Waals surface area (Å²) in [6.45, 7) is 4.38. The van der Waals surface area contributed by atoms with Crippen LogP contribution in [0, 0.1) is 0 Å². The van der Waals surface area contributed by atoms with E-state index in [1.807, 2.05) is 24.3 Å². The van der Waals surface area contributed by atoms with Crippen LogP contribution in [-0.4, -0.2) is 51.9 Å². The maximum Gasteiger partial charge on any atom is 0.265 e. The second kappa shape index (κ2) is 8.71. The summed E-state index contributed by atoms with van der Waals surface area (Å²) in [5.74, 6) is -0.00374. The molecule has 0 radical (unpaired) electrons. The number of nitrogens with zero attached hydrogens (tertiary/aromatic N) is 2. The number of nitrogens with one attached hydrogen (secondary N) is 1. The summed E-state index contributed by atoms with van der Waals surface area (Å²) in [6.07, 6.45) is 5.69. The van der Waals surface area contributed by atoms with Crippen LogP contribution >= 0.6 is 0 Å². The Hall–Kier alpha value is -2.12. The lowest BCUT2D eigenvalue weighted by atomic mass is 10.1. The van der Waals surface area contributed by atoms with E-state index < -0.39 is 10.0 Å². The van der Waals surface area contributed by atoms with Crippen molar-refractivity contribution in [3.8, 4) is 0 Å². The highest BCUT2D eigenvalue weighted by Crippen LogP contribution is 2.41. The van der Waals surface area contributed by atoms with E-state index in [9.17, 15) is 13.2 Å². The first-order chi connectivity index (χ1) is 14.1. The summed E-state index contributed by atoms with van der Waals surface area (Å²) in [5, 5.41) is 4.69. The van der Waals surface area contributed by atoms with Crippen molar-refractivity contribution in [2.75, 3.05) is 37.0 Å². The molecule has 0 saturated carbocycles. The third-order valence-electron chi connectivity index (χ3n) is 5.87. The maximum atomic E-state index is 12.9. The highest BCUT2D eigenvalue weighted by molar-refractivity contribution is 7.93. The second-order valence-corrected chi connectivity index (χ2v) is 9.75. The average Bonchev–Trinajstić information content (AvgIpc) is 2.95. The van der Waals surface area contributed by atoms with Crippen LogP contribution < -0.4 is 9.62 Å². The molecule has 0 bridgehead atoms. The van der Waals surface area contributed by atoms with Crippen LogP contribution in [0.15, 0.2) is 41.3 Å². The average molecular weight is 416 g/mol. The molecule has 1 amide bonds. The first-order valence-electron chi connectivity index (χ1n) is 10.6. The Labute approximate surface area is 172 Å². The van der Waals surface area contributed by atoms with Crippen molar-refractivity contribution in [1.29, 1.82) is 0 Å². The normalized spacial score (nSPS) is 18.3. The molecule has 2 aliphatic heterocycles. The first-order valence-corrected chi connectivity index (χ1v) is 12.0. The number of likely N-dealkylation sites (tertiary alicyclic amines) is 1. The molecule has 2 aromatic carbocycles. The molecule has 2 aliphatic rings. The quantitative estimate of drug-likeness (QED) is 0.673. The van der Waals surface area contributed by atoms with Gasteiger partial charge in [0.2, 0.25) is 5.91 Å². The van der Waals surface area contributed by atoms with Crippen molar-refractivity contribution in [3.63, 3.8) is 0 Å². The number of hydrogen-bond acceptors (Lipinski definition) is 4. The molecular formula is C22H29N3O3S. The summed E-state index contributed by atoms with van der Waals surface area (Å²) in [6, 6.07) is 11.0. The fourth-order valence-electron chi connectivity index (χ4n) is 4.38. The zero-order valence-corrected chi connectivity index (χ0v) is 17.6. The molecule has 1 saturated heterocycles. The maximum absolute atomic E-state index is 12.9. The van der Waals surface area contributed by atoms with Crippen LogP contribution in [0.1, 0.15) is 38.5 Å². The van der Waals surface area contributed by atoms with Gasteiger partial charge < -0.3 is 10.2 Å². The largest absolute Gasteiger partial charge is 0.356 e. The lowest BCUT2D eigenvalue weighted by molar-refractivity contribution is -0.121. The molecule has 7 heteroatoms. The SMILES string of the molecule is O=C(CCCN1c2cccc3cccc(c23)S1(=O)=O)NCCCN1CCCCC1. The first kappa shape index (κ1) is 20.2. The molecule has 1 fully saturated rings. The highest BCUT2D eigenvalue weighted by atomic mass is 32.2. The van der Waals surface area contributed by atoms with E-state index in [1.54, 1.807) is 12.1 Å². The molecule has 156 valence electrons. The predicted octanol–water partition coefficient (Wildman–Crippen LogP) is 3.12. The molecule has 2 heterocycles. The van der Waals surface area contributed by atoms with Gasteiger partial charge in [-0.05, 0) is 62.8 Å². The molecule has 4 rings (SSSR count). The van der Waals surface area contributed by atoms with E-state index in [0.717, 1.165) is 29.4 Å². The van der Waals surface area contributed by atoms with E-state index in [4.69, 9.17) is 0 Å². The number of sulfonamides is 1. The van der Waals surface area contributed by atoms with Crippen molar-refractivity contribution < 1.29 is 13.2 Å². The number of benzene rings is 2. The number of anilines is 1. The van der Waals surface area contributed by atoms with E-state index in [2.05, 4.69) is 10.2 Å². The summed E-state index contributed by atoms with van der Waals surface area (Å²) in [4.78, 5) is 15.0. The van der Waals surface area contributed by atoms with Crippen molar-refractivity contribution in [1.82, 2.24) is 10.2 Å². The van der Waals surface area contributed by atoms with Crippen LogP contribution in [0.4, 0.5) is 5.69 Å². The van der Waals surface area contributed by atoms with E-state index >= 15 is 0 Å². The smallest absolute Gasteiger partial charge is 0.265 e. The number of rotatable bonds is 8. The molecule has 0 spiro atoms. The zero-order valence-electron chi connectivity index (χ0n) is 16.8. The summed E-state index contributed by atoms with van der Waals surface area (Å²) >= 11 is 0. The third kappa shape index (κ3) is 4.26. The molecule has 0 aliphatic carbocycles. The molecule has 2 aromatic rings. The number of carbonyl (C=O) groups excluding carboxylic acids is 1. The van der Waals surface area contributed by atoms with Gasteiger partial charge in [0.25, 0.3) is 10.0 Å². The minimum Gasteiger partial charge on any atom is -0.356 e. The Balaban J connectivity index is 1.25. The van der Waals surface area contributed by atoms with Crippen molar-refractivity contribution in [2.24, 2.45) is 0 Å². The van der Waals surface area contributed by atoms with E-state index in [0.29, 0.717) is 30.8 Å². The molecule has 0 atom stereocenters. The van der Waals surface area contributed by atoms with Crippen molar-refractivity contribution in [3.05, 3.63) is 36.4 Å². The molecule has 6 nitrogen and oxygen atoms in total. The zero-order chi connectivity index (χ0) is 20.3. The highest BCUT2D eigenvalue weighted by Gasteiger charge is 2.34. The lowest BCUT2D eigenvalue weighted by Gasteiger charge is -2.26. The van der Waals surface area contributed by atoms with E-state index in [-0.39, 0.29) is 5.91 Å². The second-order valence-electron chi connectivity index (χ2n) is 7.92. The Kier molecular flexibility index (Phi) is 6.06. The minimum atomic E-state index is -3.53. The predicted molar refractivity (Wildman–Crippen MR) is 116 cm³/mol. The van der Waals surface area contributed by atoms with Crippen molar-refractivity contribution >= 4 is 32.4 Å². The summed E-state index contributed by atoms with van der Waals surface area (Å²) in [7, 11) is -3.53. The Morgan fingerprint density at radius 2 is 1.72 bits per heavy atom. The van der Waals surface area contributed by atoms with Gasteiger partial charge in [-0.3, -0.25) is 9.10 Å². The van der Waals surface area contributed by atoms with Gasteiger partial charge in [-0.15, -0.1) is 0 Å². The summed E-state index contributed by atoms with van der Waals surface area (Å²) in [5.41, 5.74) is 0.722. The standard InChI is InChI=1S/C22H29N3O3S/c26-21(23-13-7-16-24-14-2-1-3-15-24)12-6-17-25-19-10-4-8-18-9-5-11-20(22(18)19)29(25,27)28/h4-5,8-11H,1-3,6-7,12-17H2,(H,23,26). The number of amides is 1. The van der Waals surface area contributed by atoms with Crippen LogP contribution in [0.25, 0.3) is 10.8 Å². The van der Waals surface area contributed by atoms with E-state index in [1.165, 1.54) is 36.7 Å². The van der Waals surface area contributed by atoms with Gasteiger partial charge in [-0.25, -0.2) is 8.42 Å². The van der Waals surface area contributed by atoms with Gasteiger partial charge >= 0.3 is 0 Å². The van der Waals surface area contributed by atoms with Gasteiger partial charge in [0.1, 0.15) is 0 Å². The van der Waals surface area contributed by atoms with Crippen LogP contribution in [-0.2, 0) is 14.8 Å². The Bertz CT molecular complexity index is 979. The molecule has 0 unspecified atom stereocenters. The summed E-state index contributed by atoms with van der Waals surface area (Å²) < 4.78 is 27.3. The monoisotopic (exact) mass is 415 g/mol. The molecule has 0 aromatic heterocycles. The Morgan fingerprint density at radius 1 is 0.966 bits per heavy atom. The molecule has 29 heavy (non-hydrogen) atoms. The number of carbonyl (C=O) groups is 1. The van der Waals surface area contributed by atoms with Gasteiger partial charge in [-0.1, -0.05) is 30.7 Å². The van der Waals surface area contributed by atoms with Crippen LogP contribution in [0.3, 0.4) is 0 Å². The topological polar surface area (TPSA) is 69.7 Å². The third-order valence-corrected chi connectivity index (χ3v) is 7.72. The fraction of sp³-hybridized carbons (Fsp3) is 0.500. The number of hydrogen-bond donors (Lipinski definition) is 1. The minimum absolute atomic E-state index is 0.00374. The van der Waals surface area contributed by atoms with Gasteiger partial charge in [0, 0.05) is 24.9 Å². The van der Waals surface area contributed by atoms with Gasteiger partial charge in [-0.2, -0.15) is 0 Å². The van der Waals surface area contributed by atoms with Crippen LogP contribution in [0.2, 0.25) is 0 Å². The fourth-order valence-corrected chi connectivity index (χ4v) is 6.13. The van der Waals surface area contributed by atoms with Gasteiger partial charge in [0.05, 0.1) is 10.6 Å². The lowest BCUT2D eigenvalue weighted by Crippen LogP contribution is -2.33. The van der Waals surface area contributed by atoms with Crippen molar-refractivity contribution in [2.45, 2.75) is 43.4 Å². The van der Waals surface area contributed by atoms with Crippen LogP contribution in [0.5, 0.6) is 0 Å².